The van der Waals surface area contributed by atoms with Gasteiger partial charge in [0.2, 0.25) is 0 Å². The number of nitrogens with zero attached hydrogens (tertiary/aromatic N) is 2. The van der Waals surface area contributed by atoms with Gasteiger partial charge in [-0.15, -0.1) is 0 Å². The number of furan rings is 1. The van der Waals surface area contributed by atoms with Gasteiger partial charge in [0, 0.05) is 36.5 Å². The smallest absolute Gasteiger partial charge is 0.420 e. The topological polar surface area (TPSA) is 89.4 Å². The van der Waals surface area contributed by atoms with E-state index >= 15 is 0 Å². The number of allylic oxidation sites excluding steroid dienone is 1. The number of benzene rings is 2. The van der Waals surface area contributed by atoms with Gasteiger partial charge in [0.25, 0.3) is 5.91 Å². The third-order valence-corrected chi connectivity index (χ3v) is 6.74. The van der Waals surface area contributed by atoms with Crippen LogP contribution in [0.1, 0.15) is 40.1 Å². The number of aryl methyl sites for hydroxylation is 1. The van der Waals surface area contributed by atoms with E-state index in [9.17, 15) is 27.2 Å². The number of alkyl halides is 4. The van der Waals surface area contributed by atoms with Crippen molar-refractivity contribution in [3.63, 3.8) is 0 Å². The predicted molar refractivity (Wildman–Crippen MR) is 143 cm³/mol. The average Bonchev–Trinajstić information content (AvgIpc) is 3.56. The van der Waals surface area contributed by atoms with Crippen molar-refractivity contribution in [2.45, 2.75) is 31.6 Å². The number of amides is 1. The number of fused-ring (bicyclic) bond motifs is 1. The van der Waals surface area contributed by atoms with Gasteiger partial charge in [-0.3, -0.25) is 9.59 Å². The fraction of sp³-hybridized carbons (Fsp3) is 0.233. The van der Waals surface area contributed by atoms with Gasteiger partial charge in [0.1, 0.15) is 23.3 Å². The number of carbonyl (C=O) groups excluding carboxylic acids is 2. The van der Waals surface area contributed by atoms with Gasteiger partial charge in [-0.25, -0.2) is 9.37 Å². The molecular formula is C30H25F4N3O3. The first-order valence-electron chi connectivity index (χ1n) is 12.7. The zero-order valence-corrected chi connectivity index (χ0v) is 21.2. The molecule has 1 fully saturated rings. The van der Waals surface area contributed by atoms with Gasteiger partial charge in [-0.1, -0.05) is 12.1 Å². The number of hydrogen-bond acceptors (Lipinski definition) is 5. The minimum Gasteiger partial charge on any atom is -0.460 e. The predicted octanol–water partition coefficient (Wildman–Crippen LogP) is 6.49. The summed E-state index contributed by atoms with van der Waals surface area (Å²) in [6.45, 7) is 0.370. The highest BCUT2D eigenvalue weighted by atomic mass is 19.4. The maximum Gasteiger partial charge on any atom is 0.420 e. The van der Waals surface area contributed by atoms with Crippen molar-refractivity contribution in [1.82, 2.24) is 9.88 Å². The van der Waals surface area contributed by atoms with Crippen LogP contribution < -0.4 is 5.73 Å². The van der Waals surface area contributed by atoms with Gasteiger partial charge >= 0.3 is 6.18 Å². The van der Waals surface area contributed by atoms with Gasteiger partial charge in [-0.2, -0.15) is 13.2 Å². The maximum absolute atomic E-state index is 14.0. The molecule has 0 radical (unpaired) electrons. The normalized spacial score (nSPS) is 15.8. The molecule has 2 aromatic heterocycles. The Morgan fingerprint density at radius 1 is 1.07 bits per heavy atom. The largest absolute Gasteiger partial charge is 0.460 e. The second-order valence-corrected chi connectivity index (χ2v) is 9.68. The van der Waals surface area contributed by atoms with Crippen molar-refractivity contribution < 1.29 is 31.6 Å². The standard InChI is InChI=1S/C30H25F4N3O3/c31-23-11-12-37(17-23)29(39)20-5-3-19(4-6-20)21-13-22-14-25(40-28(22)26(15-21)30(32,33)34)9-8-24(38)7-1-18-2-10-27(35)36-16-18/h1-7,10,13-16,23H,8-9,11-12,17H2,(H2,35,36)/b7-1+/t23-/m1/s1. The molecule has 1 atom stereocenters. The highest BCUT2D eigenvalue weighted by Gasteiger charge is 2.35. The van der Waals surface area contributed by atoms with Crippen LogP contribution in [0.5, 0.6) is 0 Å². The Morgan fingerprint density at radius 2 is 1.85 bits per heavy atom. The summed E-state index contributed by atoms with van der Waals surface area (Å²) in [7, 11) is 0. The first-order valence-corrected chi connectivity index (χ1v) is 12.7. The fourth-order valence-corrected chi connectivity index (χ4v) is 4.63. The van der Waals surface area contributed by atoms with Gasteiger partial charge in [-0.05, 0) is 77.7 Å². The first-order chi connectivity index (χ1) is 19.1. The summed E-state index contributed by atoms with van der Waals surface area (Å²) >= 11 is 0. The Bertz CT molecular complexity index is 1580. The van der Waals surface area contributed by atoms with Crippen LogP contribution in [0.25, 0.3) is 28.2 Å². The van der Waals surface area contributed by atoms with E-state index in [-0.39, 0.29) is 47.8 Å². The van der Waals surface area contributed by atoms with Crippen LogP contribution in [0.3, 0.4) is 0 Å². The lowest BCUT2D eigenvalue weighted by molar-refractivity contribution is -0.136. The molecule has 0 unspecified atom stereocenters. The third kappa shape index (κ3) is 6.06. The van der Waals surface area contributed by atoms with Crippen LogP contribution in [0.2, 0.25) is 0 Å². The summed E-state index contributed by atoms with van der Waals surface area (Å²) in [5.74, 6) is 0.0786. The second-order valence-electron chi connectivity index (χ2n) is 9.68. The summed E-state index contributed by atoms with van der Waals surface area (Å²) in [4.78, 5) is 30.3. The highest BCUT2D eigenvalue weighted by Crippen LogP contribution is 2.39. The number of halogens is 4. The lowest BCUT2D eigenvalue weighted by Gasteiger charge is -2.15. The molecule has 0 saturated carbocycles. The molecule has 0 aliphatic carbocycles. The monoisotopic (exact) mass is 551 g/mol. The van der Waals surface area contributed by atoms with Crippen LogP contribution >= 0.6 is 0 Å². The van der Waals surface area contributed by atoms with Crippen molar-refractivity contribution in [1.29, 1.82) is 0 Å². The quantitative estimate of drug-likeness (QED) is 0.209. The zero-order chi connectivity index (χ0) is 28.4. The SMILES string of the molecule is Nc1ccc(/C=C/C(=O)CCc2cc3cc(-c4ccc(C(=O)N5CC[C@@H](F)C5)cc4)cc(C(F)(F)F)c3o2)cn1. The summed E-state index contributed by atoms with van der Waals surface area (Å²) < 4.78 is 61.0. The average molecular weight is 552 g/mol. The lowest BCUT2D eigenvalue weighted by Crippen LogP contribution is -2.28. The number of anilines is 1. The minimum absolute atomic E-state index is 0.0387. The van der Waals surface area contributed by atoms with Crippen molar-refractivity contribution in [3.05, 3.63) is 89.3 Å². The summed E-state index contributed by atoms with van der Waals surface area (Å²) in [5.41, 5.74) is 6.12. The Balaban J connectivity index is 1.35. The van der Waals surface area contributed by atoms with E-state index in [1.807, 2.05) is 0 Å². The number of rotatable bonds is 7. The molecule has 6 nitrogen and oxygen atoms in total. The number of hydrogen-bond donors (Lipinski definition) is 1. The maximum atomic E-state index is 14.0. The van der Waals surface area contributed by atoms with Crippen molar-refractivity contribution >= 4 is 34.6 Å². The fourth-order valence-electron chi connectivity index (χ4n) is 4.63. The van der Waals surface area contributed by atoms with Gasteiger partial charge in [0.15, 0.2) is 5.78 Å². The molecule has 40 heavy (non-hydrogen) atoms. The molecule has 0 spiro atoms. The van der Waals surface area contributed by atoms with Gasteiger partial charge in [0.05, 0.1) is 12.1 Å². The zero-order valence-electron chi connectivity index (χ0n) is 21.2. The van der Waals surface area contributed by atoms with Crippen LogP contribution in [-0.2, 0) is 17.4 Å². The van der Waals surface area contributed by atoms with E-state index in [4.69, 9.17) is 10.2 Å². The first kappa shape index (κ1) is 27.1. The number of likely N-dealkylation sites (tertiary alicyclic amines) is 1. The second kappa shape index (κ2) is 11.0. The Labute approximate surface area is 227 Å². The number of aromatic nitrogens is 1. The molecule has 0 bridgehead atoms. The number of ketones is 1. The van der Waals surface area contributed by atoms with E-state index < -0.39 is 17.9 Å². The molecule has 206 valence electrons. The summed E-state index contributed by atoms with van der Waals surface area (Å²) in [6.07, 6.45) is -0.773. The summed E-state index contributed by atoms with van der Waals surface area (Å²) in [6, 6.07) is 13.6. The van der Waals surface area contributed by atoms with E-state index in [1.54, 1.807) is 36.4 Å². The molecule has 1 aliphatic heterocycles. The molecule has 2 N–H and O–H groups in total. The van der Waals surface area contributed by atoms with Gasteiger partial charge < -0.3 is 15.1 Å². The highest BCUT2D eigenvalue weighted by molar-refractivity contribution is 5.95. The molecule has 3 heterocycles. The minimum atomic E-state index is -4.68. The number of pyridine rings is 1. The van der Waals surface area contributed by atoms with E-state index in [1.165, 1.54) is 35.4 Å². The molecule has 4 aromatic rings. The van der Waals surface area contributed by atoms with Crippen molar-refractivity contribution in [2.24, 2.45) is 0 Å². The Hall–Kier alpha value is -4.47. The number of carbonyl (C=O) groups is 2. The van der Waals surface area contributed by atoms with Crippen LogP contribution in [0.15, 0.2) is 71.3 Å². The molecule has 10 heteroatoms. The molecule has 1 saturated heterocycles. The van der Waals surface area contributed by atoms with E-state index in [0.717, 1.165) is 6.07 Å². The molecule has 1 amide bonds. The van der Waals surface area contributed by atoms with Crippen molar-refractivity contribution in [2.75, 3.05) is 18.8 Å². The lowest BCUT2D eigenvalue weighted by atomic mass is 9.99. The molecular weight excluding hydrogens is 526 g/mol. The van der Waals surface area contributed by atoms with Crippen LogP contribution in [0.4, 0.5) is 23.4 Å². The number of nitrogen functional groups attached to an aromatic ring is 1. The van der Waals surface area contributed by atoms with E-state index in [0.29, 0.717) is 41.0 Å². The Morgan fingerprint density at radius 3 is 2.50 bits per heavy atom. The van der Waals surface area contributed by atoms with Crippen LogP contribution in [0, 0.1) is 0 Å². The summed E-state index contributed by atoms with van der Waals surface area (Å²) in [5, 5.41) is 0.252. The third-order valence-electron chi connectivity index (χ3n) is 6.74. The van der Waals surface area contributed by atoms with E-state index in [2.05, 4.69) is 4.98 Å². The van der Waals surface area contributed by atoms with Crippen molar-refractivity contribution in [3.8, 4) is 11.1 Å². The molecule has 2 aromatic carbocycles. The van der Waals surface area contributed by atoms with Crippen LogP contribution in [-0.4, -0.2) is 40.8 Å². The Kier molecular flexibility index (Phi) is 7.42. The molecule has 1 aliphatic rings. The molecule has 5 rings (SSSR count). The number of nitrogens with two attached hydrogens (primary N) is 1.